The van der Waals surface area contributed by atoms with Crippen LogP contribution >= 0.6 is 0 Å². The molecule has 0 saturated carbocycles. The molecule has 37 heavy (non-hydrogen) atoms. The molecule has 1 aliphatic heterocycles. The minimum Gasteiger partial charge on any atom is -0.396 e. The van der Waals surface area contributed by atoms with E-state index in [-0.39, 0.29) is 24.2 Å². The molecule has 1 fully saturated rings. The number of rotatable bonds is 7. The molecule has 0 amide bonds. The van der Waals surface area contributed by atoms with E-state index < -0.39 is 0 Å². The summed E-state index contributed by atoms with van der Waals surface area (Å²) in [5.74, 6) is 1.96. The van der Waals surface area contributed by atoms with Gasteiger partial charge in [-0.25, -0.2) is 9.97 Å². The van der Waals surface area contributed by atoms with Crippen LogP contribution in [-0.4, -0.2) is 74.8 Å². The van der Waals surface area contributed by atoms with E-state index in [9.17, 15) is 14.7 Å². The molecule has 200 valence electrons. The fraction of sp³-hybridized carbons (Fsp3) is 0.481. The number of aromatic nitrogens is 3. The smallest absolute Gasteiger partial charge is 0.262 e. The van der Waals surface area contributed by atoms with Gasteiger partial charge < -0.3 is 30.3 Å². The number of aldehydes is 1. The molecular weight excluding hydrogens is 472 g/mol. The van der Waals surface area contributed by atoms with E-state index in [1.807, 2.05) is 26.8 Å². The zero-order valence-electron chi connectivity index (χ0n) is 22.1. The van der Waals surface area contributed by atoms with Crippen LogP contribution in [0.3, 0.4) is 0 Å². The minimum atomic E-state index is -0.321. The van der Waals surface area contributed by atoms with Crippen molar-refractivity contribution in [3.63, 3.8) is 0 Å². The van der Waals surface area contributed by atoms with Gasteiger partial charge in [-0.1, -0.05) is 0 Å². The number of nitrogens with one attached hydrogen (secondary N) is 2. The quantitative estimate of drug-likeness (QED) is 0.354. The van der Waals surface area contributed by atoms with E-state index in [0.717, 1.165) is 12.8 Å². The van der Waals surface area contributed by atoms with Gasteiger partial charge in [-0.15, -0.1) is 0 Å². The predicted molar refractivity (Wildman–Crippen MR) is 147 cm³/mol. The number of piperidine rings is 1. The van der Waals surface area contributed by atoms with Crippen LogP contribution in [0, 0.1) is 5.92 Å². The van der Waals surface area contributed by atoms with Crippen molar-refractivity contribution < 1.29 is 15.0 Å². The number of likely N-dealkylation sites (tertiary alicyclic amines) is 1. The Balaban J connectivity index is 0.000000356. The summed E-state index contributed by atoms with van der Waals surface area (Å²) in [5, 5.41) is 25.5. The van der Waals surface area contributed by atoms with Crippen molar-refractivity contribution in [2.24, 2.45) is 5.92 Å². The molecule has 4 N–H and O–H groups in total. The number of fused-ring (bicyclic) bond motifs is 1. The first-order valence-corrected chi connectivity index (χ1v) is 12.5. The molecule has 10 heteroatoms. The highest BCUT2D eigenvalue weighted by Crippen LogP contribution is 2.26. The van der Waals surface area contributed by atoms with Crippen LogP contribution < -0.4 is 16.2 Å². The number of carbonyl (C=O) groups excluding carboxylic acids is 1. The van der Waals surface area contributed by atoms with Gasteiger partial charge in [0.25, 0.3) is 5.56 Å². The third-order valence-corrected chi connectivity index (χ3v) is 5.95. The van der Waals surface area contributed by atoms with E-state index in [2.05, 4.69) is 32.5 Å². The van der Waals surface area contributed by atoms with Crippen LogP contribution in [-0.2, 0) is 6.54 Å². The van der Waals surface area contributed by atoms with Gasteiger partial charge in [0.1, 0.15) is 23.7 Å². The summed E-state index contributed by atoms with van der Waals surface area (Å²) in [6, 6.07) is 6.79. The Bertz CT molecular complexity index is 1250. The Hall–Kier alpha value is -3.34. The second-order valence-corrected chi connectivity index (χ2v) is 10.4. The molecule has 1 saturated heterocycles. The summed E-state index contributed by atoms with van der Waals surface area (Å²) in [6.07, 6.45) is 6.39. The van der Waals surface area contributed by atoms with Crippen LogP contribution in [0.15, 0.2) is 41.5 Å². The number of carbonyl (C=O) groups is 1. The van der Waals surface area contributed by atoms with Crippen molar-refractivity contribution in [1.29, 1.82) is 0 Å². The molecule has 10 nitrogen and oxygen atoms in total. The normalized spacial score (nSPS) is 16.1. The zero-order chi connectivity index (χ0) is 27.0. The third kappa shape index (κ3) is 8.08. The van der Waals surface area contributed by atoms with Gasteiger partial charge in [0.05, 0.1) is 12.0 Å². The molecule has 0 aromatic carbocycles. The maximum Gasteiger partial charge on any atom is 0.262 e. The SMILES string of the molecule is CC(C)(C)Nc1nc(Nc2cc(C=O)ccn2)cc2ccn(CCO)c(=O)c12.CN1CCCC(CO)C1. The number of aliphatic hydroxyl groups excluding tert-OH is 2. The Labute approximate surface area is 217 Å². The number of aliphatic hydroxyl groups is 2. The highest BCUT2D eigenvalue weighted by molar-refractivity contribution is 5.93. The van der Waals surface area contributed by atoms with E-state index in [1.54, 1.807) is 24.4 Å². The first kappa shape index (κ1) is 28.2. The van der Waals surface area contributed by atoms with Gasteiger partial charge in [-0.3, -0.25) is 9.59 Å². The number of anilines is 3. The molecule has 4 heterocycles. The Morgan fingerprint density at radius 1 is 1.19 bits per heavy atom. The molecule has 4 rings (SSSR count). The van der Waals surface area contributed by atoms with Gasteiger partial charge in [-0.2, -0.15) is 0 Å². The lowest BCUT2D eigenvalue weighted by Gasteiger charge is -2.27. The van der Waals surface area contributed by atoms with Crippen molar-refractivity contribution >= 4 is 34.5 Å². The number of pyridine rings is 3. The van der Waals surface area contributed by atoms with Crippen molar-refractivity contribution in [2.75, 3.05) is 44.0 Å². The summed E-state index contributed by atoms with van der Waals surface area (Å²) >= 11 is 0. The zero-order valence-corrected chi connectivity index (χ0v) is 22.1. The molecule has 1 atom stereocenters. The Morgan fingerprint density at radius 2 is 1.97 bits per heavy atom. The van der Waals surface area contributed by atoms with Crippen LogP contribution in [0.2, 0.25) is 0 Å². The molecule has 1 unspecified atom stereocenters. The number of hydrogen-bond acceptors (Lipinski definition) is 9. The van der Waals surface area contributed by atoms with Crippen LogP contribution in [0.1, 0.15) is 44.0 Å². The van der Waals surface area contributed by atoms with Gasteiger partial charge in [-0.05, 0) is 82.8 Å². The highest BCUT2D eigenvalue weighted by atomic mass is 16.3. The van der Waals surface area contributed by atoms with Crippen molar-refractivity contribution in [3.8, 4) is 0 Å². The van der Waals surface area contributed by atoms with Crippen LogP contribution in [0.25, 0.3) is 10.8 Å². The van der Waals surface area contributed by atoms with E-state index in [1.165, 1.54) is 30.2 Å². The lowest BCUT2D eigenvalue weighted by atomic mass is 10.00. The average Bonchev–Trinajstić information content (AvgIpc) is 2.85. The average molecular weight is 511 g/mol. The van der Waals surface area contributed by atoms with Gasteiger partial charge >= 0.3 is 0 Å². The van der Waals surface area contributed by atoms with Crippen molar-refractivity contribution in [2.45, 2.75) is 45.7 Å². The predicted octanol–water partition coefficient (Wildman–Crippen LogP) is 2.87. The van der Waals surface area contributed by atoms with Crippen LogP contribution in [0.5, 0.6) is 0 Å². The second kappa shape index (κ2) is 12.8. The fourth-order valence-corrected chi connectivity index (χ4v) is 4.24. The molecule has 3 aromatic heterocycles. The first-order valence-electron chi connectivity index (χ1n) is 12.5. The van der Waals surface area contributed by atoms with Crippen molar-refractivity contribution in [3.05, 3.63) is 52.6 Å². The summed E-state index contributed by atoms with van der Waals surface area (Å²) in [6.45, 7) is 8.67. The van der Waals surface area contributed by atoms with Gasteiger partial charge in [0.2, 0.25) is 0 Å². The monoisotopic (exact) mass is 510 g/mol. The summed E-state index contributed by atoms with van der Waals surface area (Å²) in [4.78, 5) is 34.9. The third-order valence-electron chi connectivity index (χ3n) is 5.95. The molecular formula is C27H38N6O4. The molecule has 3 aromatic rings. The molecule has 0 bridgehead atoms. The lowest BCUT2D eigenvalue weighted by molar-refractivity contribution is 0.112. The van der Waals surface area contributed by atoms with E-state index in [4.69, 9.17) is 5.11 Å². The van der Waals surface area contributed by atoms with E-state index in [0.29, 0.717) is 46.3 Å². The largest absolute Gasteiger partial charge is 0.396 e. The Morgan fingerprint density at radius 3 is 2.59 bits per heavy atom. The standard InChI is InChI=1S/C20H23N5O3.C7H15NO/c1-20(2,3)24-18-17-14(5-7-25(8-9-26)19(17)28)11-16(23-18)22-15-10-13(12-27)4-6-21-15;1-8-4-2-3-7(5-8)6-9/h4-7,10-12,26H,8-9H2,1-3H3,(H2,21,22,23,24);7,9H,2-6H2,1H3. The highest BCUT2D eigenvalue weighted by Gasteiger charge is 2.18. The number of hydrogen-bond donors (Lipinski definition) is 4. The number of nitrogens with zero attached hydrogens (tertiary/aromatic N) is 4. The fourth-order valence-electron chi connectivity index (χ4n) is 4.24. The first-order chi connectivity index (χ1) is 17.6. The maximum atomic E-state index is 12.9. The molecule has 0 spiro atoms. The van der Waals surface area contributed by atoms with Crippen LogP contribution in [0.4, 0.5) is 17.5 Å². The maximum absolute atomic E-state index is 12.9. The summed E-state index contributed by atoms with van der Waals surface area (Å²) in [7, 11) is 2.11. The summed E-state index contributed by atoms with van der Waals surface area (Å²) < 4.78 is 1.46. The minimum absolute atomic E-state index is 0.126. The van der Waals surface area contributed by atoms with Gasteiger partial charge in [0.15, 0.2) is 0 Å². The summed E-state index contributed by atoms with van der Waals surface area (Å²) in [5.41, 5.74) is -0.0464. The second-order valence-electron chi connectivity index (χ2n) is 10.4. The van der Waals surface area contributed by atoms with Gasteiger partial charge in [0, 0.05) is 43.2 Å². The van der Waals surface area contributed by atoms with Crippen molar-refractivity contribution in [1.82, 2.24) is 19.4 Å². The molecule has 1 aliphatic rings. The molecule has 0 aliphatic carbocycles. The lowest BCUT2D eigenvalue weighted by Crippen LogP contribution is -2.33. The topological polar surface area (TPSA) is 133 Å². The van der Waals surface area contributed by atoms with E-state index >= 15 is 0 Å². The Kier molecular flexibility index (Phi) is 9.73. The molecule has 0 radical (unpaired) electrons.